The first-order valence-electron chi connectivity index (χ1n) is 6.16. The number of rotatable bonds is 4. The van der Waals surface area contributed by atoms with E-state index in [1.54, 1.807) is 36.9 Å². The average Bonchev–Trinajstić information content (AvgIpc) is 2.75. The molecule has 0 unspecified atom stereocenters. The van der Waals surface area contributed by atoms with E-state index in [0.717, 1.165) is 5.56 Å². The number of aryl methyl sites for hydroxylation is 1. The molecule has 106 valence electrons. The molecule has 0 saturated heterocycles. The molecule has 0 aliphatic carbocycles. The number of hydrogen-bond acceptors (Lipinski definition) is 3. The van der Waals surface area contributed by atoms with E-state index in [0.29, 0.717) is 34.5 Å². The minimum absolute atomic E-state index is 0.343. The van der Waals surface area contributed by atoms with E-state index < -0.39 is 0 Å². The summed E-state index contributed by atoms with van der Waals surface area (Å²) in [6.07, 6.45) is 1.68. The second-order valence-electron chi connectivity index (χ2n) is 4.29. The first-order chi connectivity index (χ1) is 9.51. The number of benzene rings is 1. The molecule has 4 nitrogen and oxygen atoms in total. The third-order valence-electron chi connectivity index (χ3n) is 2.77. The maximum atomic E-state index is 11.7. The quantitative estimate of drug-likeness (QED) is 0.808. The summed E-state index contributed by atoms with van der Waals surface area (Å²) in [5.74, 6) is -0.356. The monoisotopic (exact) mass is 312 g/mol. The van der Waals surface area contributed by atoms with Crippen molar-refractivity contribution in [1.82, 2.24) is 9.78 Å². The zero-order valence-corrected chi connectivity index (χ0v) is 12.7. The van der Waals surface area contributed by atoms with Gasteiger partial charge >= 0.3 is 5.97 Å². The fraction of sp³-hybridized carbons (Fsp3) is 0.286. The van der Waals surface area contributed by atoms with Crippen LogP contribution in [0.1, 0.15) is 28.5 Å². The van der Waals surface area contributed by atoms with Gasteiger partial charge in [-0.25, -0.2) is 4.79 Å². The highest BCUT2D eigenvalue weighted by atomic mass is 35.5. The molecule has 0 aliphatic rings. The van der Waals surface area contributed by atoms with Gasteiger partial charge in [-0.15, -0.1) is 0 Å². The number of esters is 1. The number of ether oxygens (including phenoxy) is 1. The van der Waals surface area contributed by atoms with Crippen molar-refractivity contribution < 1.29 is 9.53 Å². The Hall–Kier alpha value is -1.52. The Kier molecular flexibility index (Phi) is 4.68. The summed E-state index contributed by atoms with van der Waals surface area (Å²) in [4.78, 5) is 11.7. The molecule has 0 amide bonds. The molecule has 2 rings (SSSR count). The van der Waals surface area contributed by atoms with Gasteiger partial charge in [0, 0.05) is 6.20 Å². The van der Waals surface area contributed by atoms with Crippen LogP contribution in [-0.4, -0.2) is 22.4 Å². The lowest BCUT2D eigenvalue weighted by atomic mass is 10.2. The minimum Gasteiger partial charge on any atom is -0.462 e. The maximum absolute atomic E-state index is 11.7. The summed E-state index contributed by atoms with van der Waals surface area (Å²) in [6.45, 7) is 4.40. The van der Waals surface area contributed by atoms with E-state index in [-0.39, 0.29) is 5.97 Å². The maximum Gasteiger partial charge on any atom is 0.341 e. The third kappa shape index (κ3) is 3.32. The second-order valence-corrected chi connectivity index (χ2v) is 5.11. The number of carbonyl (C=O) groups excluding carboxylic acids is 1. The first kappa shape index (κ1) is 14.9. The molecule has 0 N–H and O–H groups in total. The van der Waals surface area contributed by atoms with Crippen LogP contribution < -0.4 is 0 Å². The number of halogens is 2. The summed E-state index contributed by atoms with van der Waals surface area (Å²) in [5, 5.41) is 5.31. The summed E-state index contributed by atoms with van der Waals surface area (Å²) >= 11 is 11.8. The second kappa shape index (κ2) is 6.29. The normalized spacial score (nSPS) is 10.6. The van der Waals surface area contributed by atoms with Gasteiger partial charge in [-0.3, -0.25) is 4.68 Å². The van der Waals surface area contributed by atoms with Gasteiger partial charge in [0.1, 0.15) is 5.56 Å². The zero-order valence-electron chi connectivity index (χ0n) is 11.2. The van der Waals surface area contributed by atoms with Crippen LogP contribution in [0.4, 0.5) is 0 Å². The smallest absolute Gasteiger partial charge is 0.341 e. The molecule has 0 atom stereocenters. The minimum atomic E-state index is -0.356. The van der Waals surface area contributed by atoms with Crippen LogP contribution in [0.3, 0.4) is 0 Å². The lowest BCUT2D eigenvalue weighted by Gasteiger charge is -2.03. The van der Waals surface area contributed by atoms with Gasteiger partial charge in [-0.05, 0) is 31.5 Å². The number of aromatic nitrogens is 2. The Balaban J connectivity index is 2.20. The Morgan fingerprint density at radius 3 is 2.75 bits per heavy atom. The molecule has 20 heavy (non-hydrogen) atoms. The lowest BCUT2D eigenvalue weighted by molar-refractivity contribution is 0.0525. The van der Waals surface area contributed by atoms with E-state index in [2.05, 4.69) is 5.10 Å². The van der Waals surface area contributed by atoms with Crippen LogP contribution in [0.5, 0.6) is 0 Å². The Morgan fingerprint density at radius 1 is 1.35 bits per heavy atom. The van der Waals surface area contributed by atoms with Gasteiger partial charge in [0.2, 0.25) is 0 Å². The predicted octanol–water partition coefficient (Wildman–Crippen LogP) is 3.72. The highest BCUT2D eigenvalue weighted by molar-refractivity contribution is 6.42. The fourth-order valence-corrected chi connectivity index (χ4v) is 2.15. The highest BCUT2D eigenvalue weighted by Gasteiger charge is 2.14. The van der Waals surface area contributed by atoms with E-state index in [1.165, 1.54) is 0 Å². The van der Waals surface area contributed by atoms with Crippen molar-refractivity contribution >= 4 is 29.2 Å². The molecule has 2 aromatic rings. The van der Waals surface area contributed by atoms with E-state index in [1.807, 2.05) is 6.07 Å². The number of nitrogens with zero attached hydrogens (tertiary/aromatic N) is 2. The number of hydrogen-bond donors (Lipinski definition) is 0. The van der Waals surface area contributed by atoms with Crippen molar-refractivity contribution in [3.8, 4) is 0 Å². The van der Waals surface area contributed by atoms with E-state index in [4.69, 9.17) is 27.9 Å². The van der Waals surface area contributed by atoms with Gasteiger partial charge in [-0.2, -0.15) is 5.10 Å². The van der Waals surface area contributed by atoms with Gasteiger partial charge < -0.3 is 4.74 Å². The lowest BCUT2D eigenvalue weighted by Crippen LogP contribution is -2.05. The molecule has 0 aliphatic heterocycles. The van der Waals surface area contributed by atoms with Crippen LogP contribution >= 0.6 is 23.2 Å². The summed E-state index contributed by atoms with van der Waals surface area (Å²) in [5.41, 5.74) is 2.08. The van der Waals surface area contributed by atoms with Crippen molar-refractivity contribution in [3.05, 3.63) is 51.3 Å². The zero-order chi connectivity index (χ0) is 14.7. The molecule has 0 fully saturated rings. The topological polar surface area (TPSA) is 44.1 Å². The Labute approximate surface area is 127 Å². The largest absolute Gasteiger partial charge is 0.462 e. The molecule has 6 heteroatoms. The highest BCUT2D eigenvalue weighted by Crippen LogP contribution is 2.23. The molecule has 1 aromatic carbocycles. The molecule has 0 spiro atoms. The van der Waals surface area contributed by atoms with Crippen molar-refractivity contribution in [2.75, 3.05) is 6.61 Å². The average molecular weight is 313 g/mol. The van der Waals surface area contributed by atoms with Crippen molar-refractivity contribution in [2.45, 2.75) is 20.4 Å². The van der Waals surface area contributed by atoms with Crippen LogP contribution in [-0.2, 0) is 11.3 Å². The molecule has 1 aromatic heterocycles. The summed E-state index contributed by atoms with van der Waals surface area (Å²) in [6, 6.07) is 5.39. The molecule has 1 heterocycles. The van der Waals surface area contributed by atoms with Crippen molar-refractivity contribution in [2.24, 2.45) is 0 Å². The first-order valence-corrected chi connectivity index (χ1v) is 6.92. The molecule has 0 saturated carbocycles. The predicted molar refractivity (Wildman–Crippen MR) is 78.5 cm³/mol. The summed E-state index contributed by atoms with van der Waals surface area (Å²) in [7, 11) is 0. The van der Waals surface area contributed by atoms with E-state index in [9.17, 15) is 4.79 Å². The fourth-order valence-electron chi connectivity index (χ4n) is 1.83. The van der Waals surface area contributed by atoms with Crippen molar-refractivity contribution in [1.29, 1.82) is 0 Å². The van der Waals surface area contributed by atoms with Crippen LogP contribution in [0, 0.1) is 6.92 Å². The van der Waals surface area contributed by atoms with Crippen LogP contribution in [0.15, 0.2) is 24.4 Å². The van der Waals surface area contributed by atoms with Crippen LogP contribution in [0.25, 0.3) is 0 Å². The SMILES string of the molecule is CCOC(=O)c1cn(Cc2ccc(Cl)c(Cl)c2)nc1C. The summed E-state index contributed by atoms with van der Waals surface area (Å²) < 4.78 is 6.66. The Morgan fingerprint density at radius 2 is 2.10 bits per heavy atom. The van der Waals surface area contributed by atoms with E-state index >= 15 is 0 Å². The molecular formula is C14H14Cl2N2O2. The van der Waals surface area contributed by atoms with Gasteiger partial charge in [-0.1, -0.05) is 29.3 Å². The van der Waals surface area contributed by atoms with Gasteiger partial charge in [0.05, 0.1) is 28.9 Å². The van der Waals surface area contributed by atoms with Crippen LogP contribution in [0.2, 0.25) is 10.0 Å². The molecular weight excluding hydrogens is 299 g/mol. The third-order valence-corrected chi connectivity index (χ3v) is 3.51. The standard InChI is InChI=1S/C14H14Cl2N2O2/c1-3-20-14(19)11-8-18(17-9(11)2)7-10-4-5-12(15)13(16)6-10/h4-6,8H,3,7H2,1-2H3. The van der Waals surface area contributed by atoms with Crippen molar-refractivity contribution in [3.63, 3.8) is 0 Å². The molecule has 0 radical (unpaired) electrons. The van der Waals surface area contributed by atoms with Gasteiger partial charge in [0.25, 0.3) is 0 Å². The Bertz CT molecular complexity index is 638. The number of carbonyl (C=O) groups is 1. The molecule has 0 bridgehead atoms. The van der Waals surface area contributed by atoms with Gasteiger partial charge in [0.15, 0.2) is 0 Å².